The summed E-state index contributed by atoms with van der Waals surface area (Å²) in [5.41, 5.74) is 3.29. The van der Waals surface area contributed by atoms with Crippen LogP contribution in [0, 0.1) is 13.8 Å². The molecule has 6 nitrogen and oxygen atoms in total. The van der Waals surface area contributed by atoms with Crippen molar-refractivity contribution in [3.8, 4) is 0 Å². The summed E-state index contributed by atoms with van der Waals surface area (Å²) in [6.45, 7) is 6.83. The van der Waals surface area contributed by atoms with E-state index in [1.807, 2.05) is 25.1 Å². The smallest absolute Gasteiger partial charge is 0.229 e. The molecule has 1 fully saturated rings. The van der Waals surface area contributed by atoms with E-state index in [1.165, 1.54) is 11.1 Å². The Morgan fingerprint density at radius 3 is 2.56 bits per heavy atom. The van der Waals surface area contributed by atoms with Crippen LogP contribution < -0.4 is 10.2 Å². The van der Waals surface area contributed by atoms with Crippen molar-refractivity contribution in [2.75, 3.05) is 28.3 Å². The summed E-state index contributed by atoms with van der Waals surface area (Å²) in [7, 11) is -2.93. The first-order chi connectivity index (χ1) is 11.9. The Labute approximate surface area is 149 Å². The monoisotopic (exact) mass is 360 g/mol. The van der Waals surface area contributed by atoms with Crippen LogP contribution in [0.5, 0.6) is 0 Å². The molecule has 1 saturated heterocycles. The highest BCUT2D eigenvalue weighted by Gasteiger charge is 2.32. The lowest BCUT2D eigenvalue weighted by Crippen LogP contribution is -2.36. The van der Waals surface area contributed by atoms with Crippen LogP contribution >= 0.6 is 0 Å². The van der Waals surface area contributed by atoms with Crippen molar-refractivity contribution < 1.29 is 8.42 Å². The molecule has 1 aliphatic heterocycles. The third kappa shape index (κ3) is 4.28. The predicted molar refractivity (Wildman–Crippen MR) is 101 cm³/mol. The zero-order valence-corrected chi connectivity index (χ0v) is 15.7. The molecule has 0 amide bonds. The van der Waals surface area contributed by atoms with Crippen molar-refractivity contribution in [3.63, 3.8) is 0 Å². The van der Waals surface area contributed by atoms with Crippen molar-refractivity contribution in [2.45, 2.75) is 33.2 Å². The molecule has 3 rings (SSSR count). The maximum atomic E-state index is 11.8. The van der Waals surface area contributed by atoms with Gasteiger partial charge in [0.25, 0.3) is 0 Å². The van der Waals surface area contributed by atoms with Gasteiger partial charge in [0.2, 0.25) is 5.95 Å². The number of anilines is 3. The minimum absolute atomic E-state index is 0.0148. The summed E-state index contributed by atoms with van der Waals surface area (Å²) in [5, 5.41) is 3.24. The number of nitrogens with one attached hydrogen (secondary N) is 1. The van der Waals surface area contributed by atoms with E-state index in [-0.39, 0.29) is 17.5 Å². The SMILES string of the molecule is CCN(c1ccnc(Nc2cc(C)cc(C)c2)n1)C1CCS(=O)(=O)C1. The largest absolute Gasteiger partial charge is 0.353 e. The summed E-state index contributed by atoms with van der Waals surface area (Å²) in [6, 6.07) is 8.02. The highest BCUT2D eigenvalue weighted by atomic mass is 32.2. The zero-order valence-electron chi connectivity index (χ0n) is 14.9. The Kier molecular flexibility index (Phi) is 4.94. The van der Waals surface area contributed by atoms with Crippen LogP contribution in [-0.4, -0.2) is 42.5 Å². The average molecular weight is 360 g/mol. The Bertz CT molecular complexity index is 847. The van der Waals surface area contributed by atoms with E-state index in [4.69, 9.17) is 0 Å². The van der Waals surface area contributed by atoms with Crippen LogP contribution in [0.25, 0.3) is 0 Å². The van der Waals surface area contributed by atoms with Crippen LogP contribution in [0.4, 0.5) is 17.5 Å². The fourth-order valence-corrected chi connectivity index (χ4v) is 5.10. The van der Waals surface area contributed by atoms with Gasteiger partial charge in [-0.1, -0.05) is 6.07 Å². The number of aryl methyl sites for hydroxylation is 2. The van der Waals surface area contributed by atoms with Gasteiger partial charge in [0, 0.05) is 24.5 Å². The van der Waals surface area contributed by atoms with Crippen molar-refractivity contribution in [1.82, 2.24) is 9.97 Å². The molecule has 0 radical (unpaired) electrons. The second-order valence-electron chi connectivity index (χ2n) is 6.58. The summed E-state index contributed by atoms with van der Waals surface area (Å²) < 4.78 is 23.6. The van der Waals surface area contributed by atoms with Gasteiger partial charge in [-0.05, 0) is 56.5 Å². The van der Waals surface area contributed by atoms with Gasteiger partial charge in [-0.2, -0.15) is 4.98 Å². The fraction of sp³-hybridized carbons (Fsp3) is 0.444. The molecule has 1 aliphatic rings. The summed E-state index contributed by atoms with van der Waals surface area (Å²) in [4.78, 5) is 11.0. The highest BCUT2D eigenvalue weighted by Crippen LogP contribution is 2.24. The topological polar surface area (TPSA) is 75.2 Å². The Hall–Kier alpha value is -2.15. The Balaban J connectivity index is 1.82. The minimum Gasteiger partial charge on any atom is -0.353 e. The molecule has 0 aliphatic carbocycles. The van der Waals surface area contributed by atoms with Crippen molar-refractivity contribution in [2.24, 2.45) is 0 Å². The van der Waals surface area contributed by atoms with E-state index < -0.39 is 9.84 Å². The molecule has 7 heteroatoms. The van der Waals surface area contributed by atoms with Crippen LogP contribution in [-0.2, 0) is 9.84 Å². The molecular weight excluding hydrogens is 336 g/mol. The van der Waals surface area contributed by atoms with Gasteiger partial charge in [0.05, 0.1) is 11.5 Å². The van der Waals surface area contributed by atoms with Crippen molar-refractivity contribution in [1.29, 1.82) is 0 Å². The van der Waals surface area contributed by atoms with Gasteiger partial charge in [-0.25, -0.2) is 13.4 Å². The number of benzene rings is 1. The lowest BCUT2D eigenvalue weighted by atomic mass is 10.1. The van der Waals surface area contributed by atoms with E-state index in [9.17, 15) is 8.42 Å². The third-order valence-electron chi connectivity index (χ3n) is 4.40. The average Bonchev–Trinajstić information content (AvgIpc) is 2.87. The Morgan fingerprint density at radius 1 is 1.24 bits per heavy atom. The van der Waals surface area contributed by atoms with Crippen molar-refractivity contribution in [3.05, 3.63) is 41.6 Å². The van der Waals surface area contributed by atoms with Crippen LogP contribution in [0.2, 0.25) is 0 Å². The summed E-state index contributed by atoms with van der Waals surface area (Å²) >= 11 is 0. The lowest BCUT2D eigenvalue weighted by molar-refractivity contribution is 0.599. The maximum absolute atomic E-state index is 11.8. The first-order valence-electron chi connectivity index (χ1n) is 8.52. The molecular formula is C18H24N4O2S. The van der Waals surface area contributed by atoms with E-state index in [0.717, 1.165) is 11.5 Å². The van der Waals surface area contributed by atoms with Crippen LogP contribution in [0.1, 0.15) is 24.5 Å². The number of hydrogen-bond donors (Lipinski definition) is 1. The molecule has 1 unspecified atom stereocenters. The van der Waals surface area contributed by atoms with Gasteiger partial charge in [0.15, 0.2) is 9.84 Å². The molecule has 0 saturated carbocycles. The standard InChI is InChI=1S/C18H24N4O2S/c1-4-22(16-6-8-25(23,24)12-16)17-5-7-19-18(21-17)20-15-10-13(2)9-14(3)11-15/h5,7,9-11,16H,4,6,8,12H2,1-3H3,(H,19,20,21). The van der Waals surface area contributed by atoms with Gasteiger partial charge in [-0.3, -0.25) is 0 Å². The molecule has 2 heterocycles. The Morgan fingerprint density at radius 2 is 1.96 bits per heavy atom. The van der Waals surface area contributed by atoms with E-state index in [0.29, 0.717) is 18.9 Å². The molecule has 1 atom stereocenters. The number of hydrogen-bond acceptors (Lipinski definition) is 6. The molecule has 1 N–H and O–H groups in total. The van der Waals surface area contributed by atoms with Gasteiger partial charge < -0.3 is 10.2 Å². The predicted octanol–water partition coefficient (Wildman–Crippen LogP) is 2.85. The van der Waals surface area contributed by atoms with Crippen LogP contribution in [0.15, 0.2) is 30.5 Å². The number of rotatable bonds is 5. The maximum Gasteiger partial charge on any atom is 0.229 e. The van der Waals surface area contributed by atoms with E-state index in [2.05, 4.69) is 40.1 Å². The second kappa shape index (κ2) is 7.00. The highest BCUT2D eigenvalue weighted by molar-refractivity contribution is 7.91. The third-order valence-corrected chi connectivity index (χ3v) is 6.15. The van der Waals surface area contributed by atoms with Crippen LogP contribution in [0.3, 0.4) is 0 Å². The van der Waals surface area contributed by atoms with Gasteiger partial charge in [-0.15, -0.1) is 0 Å². The molecule has 0 spiro atoms. The number of sulfone groups is 1. The van der Waals surface area contributed by atoms with E-state index in [1.54, 1.807) is 6.20 Å². The molecule has 25 heavy (non-hydrogen) atoms. The summed E-state index contributed by atoms with van der Waals surface area (Å²) in [6.07, 6.45) is 2.36. The number of nitrogens with zero attached hydrogens (tertiary/aromatic N) is 3. The number of aromatic nitrogens is 2. The molecule has 0 bridgehead atoms. The molecule has 134 valence electrons. The van der Waals surface area contributed by atoms with E-state index >= 15 is 0 Å². The van der Waals surface area contributed by atoms with Gasteiger partial charge in [0.1, 0.15) is 5.82 Å². The molecule has 1 aromatic carbocycles. The first kappa shape index (κ1) is 17.7. The first-order valence-corrected chi connectivity index (χ1v) is 10.3. The zero-order chi connectivity index (χ0) is 18.0. The van der Waals surface area contributed by atoms with Gasteiger partial charge >= 0.3 is 0 Å². The van der Waals surface area contributed by atoms with Crippen molar-refractivity contribution >= 4 is 27.3 Å². The molecule has 1 aromatic heterocycles. The lowest BCUT2D eigenvalue weighted by Gasteiger charge is -2.28. The summed E-state index contributed by atoms with van der Waals surface area (Å²) in [5.74, 6) is 1.73. The molecule has 2 aromatic rings. The fourth-order valence-electron chi connectivity index (χ4n) is 3.37. The quantitative estimate of drug-likeness (QED) is 0.884. The minimum atomic E-state index is -2.93. The second-order valence-corrected chi connectivity index (χ2v) is 8.81. The normalized spacial score (nSPS) is 18.9.